The number of ether oxygens (including phenoxy) is 9. The third-order valence-electron chi connectivity index (χ3n) is 17.0. The zero-order valence-corrected chi connectivity index (χ0v) is 58.0. The van der Waals surface area contributed by atoms with Crippen LogP contribution in [0.2, 0.25) is 0 Å². The Labute approximate surface area is 591 Å². The van der Waals surface area contributed by atoms with E-state index >= 15 is 0 Å². The number of hydrogen-bond donors (Lipinski definition) is 2. The van der Waals surface area contributed by atoms with Crippen LogP contribution >= 0.6 is 0 Å². The Kier molecular flexibility index (Phi) is 28.9. The highest BCUT2D eigenvalue weighted by Gasteiger charge is 2.49. The lowest BCUT2D eigenvalue weighted by atomic mass is 9.91. The van der Waals surface area contributed by atoms with Gasteiger partial charge in [0.2, 0.25) is 5.91 Å². The Bertz CT molecular complexity index is 4130. The van der Waals surface area contributed by atoms with E-state index in [1.54, 1.807) is 25.3 Å². The predicted octanol–water partition coefficient (Wildman–Crippen LogP) is 12.4. The standard InChI is InChI=1S/C23H28N2O3.C11H12O3.C11H10O3.C10H7F3O4S.C10H10O3.C9H8O2.C3H8O/c1-24(23(27)20-12-14-28-22-10-6-5-9-19(20)22)21(17-7-3-2-4-8-17)16-25-13-11-18(26)15-25;2*1-13-11(12)9-6-7-14-10-5-3-2-4-8(9)10;11-10(12,13)18(14,15)17-9-5-6-16-8-4-2-1-3-7(8)9;11-10(12)8-5-6-13-9-4-2-1-3-7(8)9;10-8-5-6-11-9-4-2-1-3-7(8)9;1-3-4-2/h2-10,18,20-21,26H,11-16H2,1H3;2-5,9H,6-7H2,1H3;2-6H,7H2,1H3;1-5H,6H2;1-4,8H,5-6H2,(H,11,12);1-4H,5-6H2;3H2,1-2H3/t18-,20?,21+;;;;;;/m0....../s1. The van der Waals surface area contributed by atoms with Crippen LogP contribution < -0.4 is 28.4 Å². The Morgan fingerprint density at radius 2 is 1.03 bits per heavy atom. The molecule has 0 aliphatic carbocycles. The number of ketones is 1. The molecular formula is C77H83F3N2O19S. The molecular weight excluding hydrogens is 1350 g/mol. The number of nitrogens with zero attached hydrogens (tertiary/aromatic N) is 2. The van der Waals surface area contributed by atoms with Crippen LogP contribution in [0.15, 0.2) is 188 Å². The number of Topliss-reactive ketones (excluding diaryl/α,β-unsaturated/α-hetero) is 1. The van der Waals surface area contributed by atoms with Gasteiger partial charge in [-0.25, -0.2) is 4.79 Å². The van der Waals surface area contributed by atoms with E-state index in [0.717, 1.165) is 88.6 Å². The van der Waals surface area contributed by atoms with Gasteiger partial charge < -0.3 is 61.9 Å². The molecule has 0 radical (unpaired) electrons. The molecule has 0 aromatic heterocycles. The van der Waals surface area contributed by atoms with Crippen LogP contribution in [0, 0.1) is 0 Å². The van der Waals surface area contributed by atoms with Gasteiger partial charge in [-0.05, 0) is 98.9 Å². The number of carbonyl (C=O) groups excluding carboxylic acids is 4. The fourth-order valence-corrected chi connectivity index (χ4v) is 12.2. The Balaban J connectivity index is 0.000000158. The predicted molar refractivity (Wildman–Crippen MR) is 373 cm³/mol. The topological polar surface area (TPSA) is 259 Å². The number of aliphatic carboxylic acids is 1. The summed E-state index contributed by atoms with van der Waals surface area (Å²) in [5.74, 6) is 1.99. The molecule has 25 heteroatoms. The highest BCUT2D eigenvalue weighted by Crippen LogP contribution is 2.40. The summed E-state index contributed by atoms with van der Waals surface area (Å²) in [4.78, 5) is 62.6. The van der Waals surface area contributed by atoms with Crippen LogP contribution in [-0.4, -0.2) is 164 Å². The zero-order valence-electron chi connectivity index (χ0n) is 57.2. The van der Waals surface area contributed by atoms with Gasteiger partial charge in [-0.3, -0.25) is 24.1 Å². The molecule has 102 heavy (non-hydrogen) atoms. The van der Waals surface area contributed by atoms with Gasteiger partial charge in [-0.2, -0.15) is 21.6 Å². The molecule has 7 aromatic carbocycles. The van der Waals surface area contributed by atoms with Gasteiger partial charge >= 0.3 is 33.5 Å². The van der Waals surface area contributed by atoms with Crippen molar-refractivity contribution in [1.29, 1.82) is 0 Å². The lowest BCUT2D eigenvalue weighted by Crippen LogP contribution is -2.41. The van der Waals surface area contributed by atoms with E-state index in [1.165, 1.54) is 32.4 Å². The first-order valence-electron chi connectivity index (χ1n) is 33.0. The number of fused-ring (bicyclic) bond motifs is 6. The number of alkyl halides is 3. The number of amides is 1. The molecule has 3 unspecified atom stereocenters. The molecule has 0 bridgehead atoms. The number of aliphatic hydroxyl groups is 1. The molecule has 7 aliphatic heterocycles. The van der Waals surface area contributed by atoms with Crippen molar-refractivity contribution in [3.05, 3.63) is 227 Å². The van der Waals surface area contributed by atoms with E-state index in [1.807, 2.05) is 152 Å². The number of likely N-dealkylation sites (N-methyl/N-ethyl adjacent to an activating group) is 1. The number of β-amino-alcohol motifs (C(OH)–C–C–N with tert-alkyl or cyclic N) is 1. The second-order valence-electron chi connectivity index (χ2n) is 23.5. The number of carboxylic acids is 1. The SMILES string of the molecule is CCOC.CN(C(=O)C1CCOc2ccccc21)[C@H](CN1CC[C@H](O)C1)c1ccccc1.COC(=O)C1=CCOc2ccccc21.COC(=O)C1CCOc2ccccc21.O=C(O)C1CCOc2ccccc21.O=C1CCOc2ccccc21.O=S(=O)(OC1=CCOc2ccccc21)C(F)(F)F. The molecule has 1 fully saturated rings. The van der Waals surface area contributed by atoms with Crippen molar-refractivity contribution in [3.63, 3.8) is 0 Å². The number of aliphatic hydroxyl groups excluding tert-OH is 1. The summed E-state index contributed by atoms with van der Waals surface area (Å²) >= 11 is 0. The van der Waals surface area contributed by atoms with Gasteiger partial charge in [0.25, 0.3) is 0 Å². The minimum absolute atomic E-state index is 0.0472. The number of rotatable bonds is 11. The van der Waals surface area contributed by atoms with Gasteiger partial charge in [0.15, 0.2) is 11.5 Å². The van der Waals surface area contributed by atoms with E-state index in [9.17, 15) is 50.7 Å². The number of benzene rings is 7. The average molecular weight is 1430 g/mol. The molecule has 542 valence electrons. The first-order chi connectivity index (χ1) is 49.2. The van der Waals surface area contributed by atoms with Crippen molar-refractivity contribution in [1.82, 2.24) is 9.80 Å². The number of likely N-dealkylation sites (tertiary alicyclic amines) is 1. The van der Waals surface area contributed by atoms with Gasteiger partial charge in [-0.15, -0.1) is 0 Å². The van der Waals surface area contributed by atoms with Crippen molar-refractivity contribution < 1.29 is 103 Å². The normalized spacial score (nSPS) is 18.1. The third kappa shape index (κ3) is 21.0. The summed E-state index contributed by atoms with van der Waals surface area (Å²) in [6.45, 7) is 7.57. The second kappa shape index (κ2) is 38.0. The summed E-state index contributed by atoms with van der Waals surface area (Å²) in [7, 11) is 0.717. The summed E-state index contributed by atoms with van der Waals surface area (Å²) in [6.07, 6.45) is 5.86. The first-order valence-corrected chi connectivity index (χ1v) is 34.4. The Morgan fingerprint density at radius 1 is 0.578 bits per heavy atom. The van der Waals surface area contributed by atoms with Gasteiger partial charge in [0, 0.05) is 69.1 Å². The van der Waals surface area contributed by atoms with Crippen LogP contribution in [0.25, 0.3) is 11.3 Å². The van der Waals surface area contributed by atoms with Crippen molar-refractivity contribution in [2.75, 3.05) is 94.3 Å². The molecule has 0 spiro atoms. The van der Waals surface area contributed by atoms with Crippen molar-refractivity contribution in [2.45, 2.75) is 74.4 Å². The number of esters is 2. The van der Waals surface area contributed by atoms with E-state index in [2.05, 4.69) is 30.7 Å². The first kappa shape index (κ1) is 77.5. The van der Waals surface area contributed by atoms with Crippen LogP contribution in [0.4, 0.5) is 13.2 Å². The zero-order chi connectivity index (χ0) is 73.2. The lowest BCUT2D eigenvalue weighted by Gasteiger charge is -2.35. The molecule has 0 saturated carbocycles. The fourth-order valence-electron chi connectivity index (χ4n) is 11.7. The van der Waals surface area contributed by atoms with Crippen LogP contribution in [0.1, 0.15) is 107 Å². The largest absolute Gasteiger partial charge is 0.534 e. The average Bonchev–Trinajstić information content (AvgIpc) is 0.933. The maximum absolute atomic E-state index is 13.5. The smallest absolute Gasteiger partial charge is 0.493 e. The van der Waals surface area contributed by atoms with E-state index < -0.39 is 27.5 Å². The molecule has 7 aliphatic rings. The Morgan fingerprint density at radius 3 is 1.54 bits per heavy atom. The molecule has 1 saturated heterocycles. The number of hydrogen-bond acceptors (Lipinski definition) is 19. The highest BCUT2D eigenvalue weighted by atomic mass is 32.2. The molecule has 5 atom stereocenters. The fraction of sp³-hybridized carbons (Fsp3) is 0.338. The highest BCUT2D eigenvalue weighted by molar-refractivity contribution is 7.87. The summed E-state index contributed by atoms with van der Waals surface area (Å²) in [6, 6.07) is 53.7. The van der Waals surface area contributed by atoms with Gasteiger partial charge in [-0.1, -0.05) is 127 Å². The number of para-hydroxylation sites is 6. The molecule has 2 N–H and O–H groups in total. The van der Waals surface area contributed by atoms with Crippen molar-refractivity contribution >= 4 is 51.0 Å². The Hall–Kier alpha value is -10.2. The van der Waals surface area contributed by atoms with Gasteiger partial charge in [0.1, 0.15) is 47.7 Å². The van der Waals surface area contributed by atoms with Crippen molar-refractivity contribution in [2.24, 2.45) is 0 Å². The molecule has 1 amide bonds. The lowest BCUT2D eigenvalue weighted by molar-refractivity contribution is -0.143. The van der Waals surface area contributed by atoms with Crippen LogP contribution in [-0.2, 0) is 47.7 Å². The maximum Gasteiger partial charge on any atom is 0.534 e. The van der Waals surface area contributed by atoms with Crippen molar-refractivity contribution in [3.8, 4) is 34.5 Å². The summed E-state index contributed by atoms with van der Waals surface area (Å²) in [5.41, 5.74) is 0.636. The third-order valence-corrected chi connectivity index (χ3v) is 17.9. The maximum atomic E-state index is 13.5. The number of methoxy groups -OCH3 is 3. The minimum atomic E-state index is -5.66. The number of carboxylic acid groups (broad SMARTS) is 1. The molecule has 14 rings (SSSR count). The van der Waals surface area contributed by atoms with E-state index in [-0.39, 0.29) is 71.3 Å². The van der Waals surface area contributed by atoms with Crippen LogP contribution in [0.5, 0.6) is 34.5 Å². The van der Waals surface area contributed by atoms with Gasteiger partial charge in [0.05, 0.1) is 87.2 Å². The molecule has 7 heterocycles. The minimum Gasteiger partial charge on any atom is -0.493 e. The molecule has 21 nitrogen and oxygen atoms in total. The molecule has 7 aromatic rings. The van der Waals surface area contributed by atoms with E-state index in [4.69, 9.17) is 38.3 Å². The number of halogens is 3. The van der Waals surface area contributed by atoms with E-state index in [0.29, 0.717) is 76.6 Å². The van der Waals surface area contributed by atoms with Crippen LogP contribution in [0.3, 0.4) is 0 Å². The summed E-state index contributed by atoms with van der Waals surface area (Å²) in [5, 5.41) is 18.8. The number of carbonyl (C=O) groups is 5. The summed E-state index contributed by atoms with van der Waals surface area (Å²) < 4.78 is 109. The second-order valence-corrected chi connectivity index (χ2v) is 25.0. The quantitative estimate of drug-likeness (QED) is 0.0693. The monoisotopic (exact) mass is 1430 g/mol.